The quantitative estimate of drug-likeness (QED) is 0.438. The van der Waals surface area contributed by atoms with E-state index in [2.05, 4.69) is 27.8 Å². The van der Waals surface area contributed by atoms with Gasteiger partial charge in [-0.2, -0.15) is 0 Å². The van der Waals surface area contributed by atoms with Crippen LogP contribution >= 0.6 is 12.8 Å². The van der Waals surface area contributed by atoms with Crippen LogP contribution in [-0.2, 0) is 0 Å². The summed E-state index contributed by atoms with van der Waals surface area (Å²) >= 11 is 3.62. The summed E-state index contributed by atoms with van der Waals surface area (Å²) < 4.78 is 0.576. The number of hydrogen-bond donors (Lipinski definition) is 4. The zero-order valence-electron chi connectivity index (χ0n) is 9.58. The molecule has 2 aromatic heterocycles. The van der Waals surface area contributed by atoms with Gasteiger partial charge in [0.15, 0.2) is 5.52 Å². The lowest BCUT2D eigenvalue weighted by Crippen LogP contribution is -2.29. The van der Waals surface area contributed by atoms with E-state index in [4.69, 9.17) is 0 Å². The first-order valence-corrected chi connectivity index (χ1v) is 5.66. The van der Waals surface area contributed by atoms with Crippen LogP contribution in [0.4, 0.5) is 0 Å². The fourth-order valence-corrected chi connectivity index (χ4v) is 1.53. The monoisotopic (exact) mass is 278 g/mol. The molecule has 0 aliphatic rings. The third-order valence-corrected chi connectivity index (χ3v) is 2.59. The van der Waals surface area contributed by atoms with Crippen molar-refractivity contribution in [2.75, 3.05) is 0 Å². The third-order valence-electron chi connectivity index (χ3n) is 2.22. The lowest BCUT2D eigenvalue weighted by molar-refractivity contribution is 1.01. The van der Waals surface area contributed by atoms with Gasteiger partial charge in [0.25, 0.3) is 5.56 Å². The zero-order valence-corrected chi connectivity index (χ0v) is 10.5. The van der Waals surface area contributed by atoms with Crippen molar-refractivity contribution in [2.45, 2.75) is 0 Å². The maximum Gasteiger partial charge on any atom is 0.340 e. The maximum absolute atomic E-state index is 11.2. The predicted octanol–water partition coefficient (Wildman–Crippen LogP) is 0.0857. The molecule has 0 unspecified atom stereocenters. The van der Waals surface area contributed by atoms with Crippen molar-refractivity contribution in [2.24, 2.45) is 0 Å². The maximum atomic E-state index is 11.2. The van der Waals surface area contributed by atoms with Gasteiger partial charge in [-0.1, -0.05) is 49.2 Å². The van der Waals surface area contributed by atoms with Crippen LogP contribution in [0.15, 0.2) is 50.8 Å². The summed E-state index contributed by atoms with van der Waals surface area (Å²) in [7, 11) is 0. The number of fused-ring (bicyclic) bond motifs is 1. The van der Waals surface area contributed by atoms with Crippen molar-refractivity contribution >= 4 is 24.0 Å². The molecule has 8 heteroatoms. The molecule has 19 heavy (non-hydrogen) atoms. The van der Waals surface area contributed by atoms with Crippen LogP contribution in [0.5, 0.6) is 0 Å². The van der Waals surface area contributed by atoms with Gasteiger partial charge in [0.05, 0.1) is 0 Å². The average molecular weight is 278 g/mol. The van der Waals surface area contributed by atoms with Crippen molar-refractivity contribution in [1.29, 1.82) is 0 Å². The van der Waals surface area contributed by atoms with Crippen molar-refractivity contribution in [3.63, 3.8) is 0 Å². The van der Waals surface area contributed by atoms with E-state index >= 15 is 0 Å². The highest BCUT2D eigenvalue weighted by Crippen LogP contribution is 1.91. The summed E-state index contributed by atoms with van der Waals surface area (Å²) in [5.74, 6) is 0. The van der Waals surface area contributed by atoms with Crippen molar-refractivity contribution < 1.29 is 0 Å². The molecule has 2 heterocycles. The number of thiol groups is 1. The number of hydrogen-bond acceptors (Lipinski definition) is 4. The minimum atomic E-state index is -0.698. The van der Waals surface area contributed by atoms with Crippen LogP contribution in [0.1, 0.15) is 0 Å². The summed E-state index contributed by atoms with van der Waals surface area (Å²) in [6, 6.07) is 12.0. The van der Waals surface area contributed by atoms with Gasteiger partial charge in [-0.3, -0.25) is 19.7 Å². The second-order valence-corrected chi connectivity index (χ2v) is 3.93. The summed E-state index contributed by atoms with van der Waals surface area (Å²) in [6.45, 7) is 0. The Kier molecular flexibility index (Phi) is 3.71. The Labute approximate surface area is 111 Å². The summed E-state index contributed by atoms with van der Waals surface area (Å²) in [4.78, 5) is 39.7. The molecule has 0 atom stereocenters. The van der Waals surface area contributed by atoms with E-state index in [-0.39, 0.29) is 11.2 Å². The Hall–Kier alpha value is -2.48. The number of benzene rings is 1. The number of aromatic amines is 3. The van der Waals surface area contributed by atoms with Gasteiger partial charge in [0, 0.05) is 0 Å². The van der Waals surface area contributed by atoms with Crippen molar-refractivity contribution in [1.82, 2.24) is 18.9 Å². The molecule has 1 aromatic carbocycles. The molecule has 0 saturated carbocycles. The minimum Gasteiger partial charge on any atom is -0.300 e. The highest BCUT2D eigenvalue weighted by Gasteiger charge is 2.06. The average Bonchev–Trinajstić information content (AvgIpc) is 2.80. The molecule has 0 aliphatic carbocycles. The second kappa shape index (κ2) is 5.44. The van der Waals surface area contributed by atoms with Gasteiger partial charge < -0.3 is 0 Å². The Bertz CT molecular complexity index is 817. The van der Waals surface area contributed by atoms with Crippen LogP contribution in [0, 0.1) is 0 Å². The molecule has 0 saturated heterocycles. The summed E-state index contributed by atoms with van der Waals surface area (Å²) in [6.07, 6.45) is 0. The summed E-state index contributed by atoms with van der Waals surface area (Å²) in [5, 5.41) is 0. The number of H-pyrrole nitrogens is 3. The van der Waals surface area contributed by atoms with E-state index in [9.17, 15) is 14.4 Å². The second-order valence-electron chi connectivity index (χ2n) is 3.53. The SMILES string of the molecule is O=c1[nH]c2[nH]c(=O)n(S)c(=O)c2[nH]1.c1ccccc1. The molecule has 0 amide bonds. The van der Waals surface area contributed by atoms with Crippen molar-refractivity contribution in [3.05, 3.63) is 67.7 Å². The first-order valence-electron chi connectivity index (χ1n) is 5.26. The highest BCUT2D eigenvalue weighted by molar-refractivity contribution is 7.78. The molecule has 0 bridgehead atoms. The summed E-state index contributed by atoms with van der Waals surface area (Å²) in [5.41, 5.74) is -1.84. The van der Waals surface area contributed by atoms with Gasteiger partial charge in [-0.05, 0) is 0 Å². The Morgan fingerprint density at radius 3 is 1.89 bits per heavy atom. The molecule has 0 aliphatic heterocycles. The lowest BCUT2D eigenvalue weighted by atomic mass is 10.4. The van der Waals surface area contributed by atoms with E-state index in [1.165, 1.54) is 0 Å². The van der Waals surface area contributed by atoms with Gasteiger partial charge in [-0.15, -0.1) is 0 Å². The zero-order chi connectivity index (χ0) is 13.8. The first-order chi connectivity index (χ1) is 9.09. The van der Waals surface area contributed by atoms with E-state index in [0.717, 1.165) is 0 Å². The molecule has 3 aromatic rings. The molecule has 7 nitrogen and oxygen atoms in total. The largest absolute Gasteiger partial charge is 0.340 e. The van der Waals surface area contributed by atoms with E-state index < -0.39 is 16.9 Å². The van der Waals surface area contributed by atoms with Crippen LogP contribution in [0.3, 0.4) is 0 Å². The van der Waals surface area contributed by atoms with Crippen molar-refractivity contribution in [3.8, 4) is 0 Å². The Morgan fingerprint density at radius 1 is 0.842 bits per heavy atom. The topological polar surface area (TPSA) is 104 Å². The highest BCUT2D eigenvalue weighted by atomic mass is 32.1. The lowest BCUT2D eigenvalue weighted by Gasteiger charge is -1.92. The van der Waals surface area contributed by atoms with Gasteiger partial charge in [0.1, 0.15) is 5.65 Å². The van der Waals surface area contributed by atoms with Gasteiger partial charge in [0.2, 0.25) is 0 Å². The third kappa shape index (κ3) is 2.86. The number of nitrogens with one attached hydrogen (secondary N) is 3. The predicted molar refractivity (Wildman–Crippen MR) is 74.6 cm³/mol. The number of nitrogens with zero attached hydrogens (tertiary/aromatic N) is 1. The Morgan fingerprint density at radius 2 is 1.37 bits per heavy atom. The number of aromatic nitrogens is 4. The standard InChI is InChI=1S/C6H6.C5H4N4O3S/c1-2-4-6-5-3-1;10-3-1-2(7-4(11)6-1)8-5(12)9(3)13/h1-6H;13H,(H,8,12)(H2,6,7,11). The van der Waals surface area contributed by atoms with Crippen LogP contribution in [0.2, 0.25) is 0 Å². The van der Waals surface area contributed by atoms with E-state index in [0.29, 0.717) is 3.97 Å². The Balaban J connectivity index is 0.000000186. The van der Waals surface area contributed by atoms with E-state index in [1.807, 2.05) is 36.4 Å². The van der Waals surface area contributed by atoms with Gasteiger partial charge >= 0.3 is 11.4 Å². The smallest absolute Gasteiger partial charge is 0.300 e. The van der Waals surface area contributed by atoms with Crippen LogP contribution in [-0.4, -0.2) is 18.9 Å². The molecule has 3 rings (SSSR count). The first kappa shape index (κ1) is 13.0. The molecule has 98 valence electrons. The normalized spacial score (nSPS) is 9.95. The fraction of sp³-hybridized carbons (Fsp3) is 0. The molecule has 0 fully saturated rings. The number of rotatable bonds is 0. The molecule has 3 N–H and O–H groups in total. The molecule has 0 radical (unpaired) electrons. The van der Waals surface area contributed by atoms with Gasteiger partial charge in [-0.25, -0.2) is 13.6 Å². The van der Waals surface area contributed by atoms with Crippen LogP contribution in [0.25, 0.3) is 11.2 Å². The molecule has 0 spiro atoms. The van der Waals surface area contributed by atoms with Crippen LogP contribution < -0.4 is 16.9 Å². The minimum absolute atomic E-state index is 0.000370. The molecular weight excluding hydrogens is 268 g/mol. The number of imidazole rings is 1. The van der Waals surface area contributed by atoms with E-state index in [1.54, 1.807) is 0 Å². The molecular formula is C11H10N4O3S. The fourth-order valence-electron chi connectivity index (χ4n) is 1.38.